The van der Waals surface area contributed by atoms with Gasteiger partial charge in [0, 0.05) is 19.7 Å². The van der Waals surface area contributed by atoms with Crippen molar-refractivity contribution in [3.05, 3.63) is 11.6 Å². The van der Waals surface area contributed by atoms with E-state index < -0.39 is 29.0 Å². The number of carboxylic acid groups (broad SMARTS) is 1. The van der Waals surface area contributed by atoms with Crippen LogP contribution < -0.4 is 11.2 Å². The van der Waals surface area contributed by atoms with Gasteiger partial charge in [0.05, 0.1) is 6.04 Å². The zero-order valence-corrected chi connectivity index (χ0v) is 20.4. The molecule has 0 aromatic carbocycles. The Kier molecular flexibility index (Phi) is 10.2. The molecule has 0 aliphatic heterocycles. The Morgan fingerprint density at radius 2 is 1.57 bits per heavy atom. The number of hydrogen-bond donors (Lipinski definition) is 3. The molecule has 0 aliphatic rings. The molecule has 0 aromatic rings. The smallest absolute Gasteiger partial charge is 0.331 e. The summed E-state index contributed by atoms with van der Waals surface area (Å²) in [5.74, 6) is 4.40. The van der Waals surface area contributed by atoms with Crippen molar-refractivity contribution in [2.75, 3.05) is 14.1 Å². The van der Waals surface area contributed by atoms with E-state index in [1.807, 2.05) is 48.5 Å². The van der Waals surface area contributed by atoms with E-state index in [1.54, 1.807) is 20.2 Å². The first-order valence-electron chi connectivity index (χ1n) is 10.5. The highest BCUT2D eigenvalue weighted by Crippen LogP contribution is 2.26. The van der Waals surface area contributed by atoms with Crippen LogP contribution in [0.25, 0.3) is 0 Å². The molecule has 0 saturated heterocycles. The molecule has 0 aromatic heterocycles. The molecule has 30 heavy (non-hydrogen) atoms. The summed E-state index contributed by atoms with van der Waals surface area (Å²) in [6, 6.07) is -1.22. The molecule has 2 amide bonds. The molecule has 174 valence electrons. The van der Waals surface area contributed by atoms with Gasteiger partial charge in [-0.15, -0.1) is 0 Å². The van der Waals surface area contributed by atoms with Crippen molar-refractivity contribution >= 4 is 17.8 Å². The Bertz CT molecular complexity index is 646. The number of aliphatic carboxylic acids is 1. The molecule has 0 aliphatic carbocycles. The minimum absolute atomic E-state index is 0.00915. The van der Waals surface area contributed by atoms with Crippen molar-refractivity contribution in [1.82, 2.24) is 15.2 Å². The largest absolute Gasteiger partial charge is 0.478 e. The van der Waals surface area contributed by atoms with E-state index in [1.165, 1.54) is 16.8 Å². The van der Waals surface area contributed by atoms with Crippen LogP contribution >= 0.6 is 0 Å². The van der Waals surface area contributed by atoms with Crippen LogP contribution in [0.4, 0.5) is 0 Å². The summed E-state index contributed by atoms with van der Waals surface area (Å²) in [6.45, 7) is 14.8. The second-order valence-corrected chi connectivity index (χ2v) is 9.46. The van der Waals surface area contributed by atoms with E-state index in [4.69, 9.17) is 5.84 Å². The van der Waals surface area contributed by atoms with Crippen molar-refractivity contribution in [2.24, 2.45) is 17.2 Å². The summed E-state index contributed by atoms with van der Waals surface area (Å²) < 4.78 is 0. The number of nitrogens with zero attached hydrogens (tertiary/aromatic N) is 2. The van der Waals surface area contributed by atoms with Crippen LogP contribution in [0.15, 0.2) is 11.6 Å². The predicted molar refractivity (Wildman–Crippen MR) is 119 cm³/mol. The number of rotatable bonds is 10. The zero-order chi connectivity index (χ0) is 24.0. The van der Waals surface area contributed by atoms with E-state index in [0.29, 0.717) is 12.8 Å². The van der Waals surface area contributed by atoms with Crippen molar-refractivity contribution in [2.45, 2.75) is 85.9 Å². The van der Waals surface area contributed by atoms with Gasteiger partial charge in [-0.1, -0.05) is 54.5 Å². The molecule has 0 spiro atoms. The van der Waals surface area contributed by atoms with Gasteiger partial charge in [0.2, 0.25) is 11.8 Å². The van der Waals surface area contributed by atoms with E-state index >= 15 is 0 Å². The van der Waals surface area contributed by atoms with E-state index in [2.05, 4.69) is 5.32 Å². The van der Waals surface area contributed by atoms with Crippen LogP contribution in [0.1, 0.15) is 68.2 Å². The lowest BCUT2D eigenvalue weighted by Gasteiger charge is -2.41. The van der Waals surface area contributed by atoms with Gasteiger partial charge in [-0.2, -0.15) is 0 Å². The minimum atomic E-state index is -1.02. The number of nitrogens with two attached hydrogens (primary N) is 1. The van der Waals surface area contributed by atoms with Crippen molar-refractivity contribution < 1.29 is 19.5 Å². The molecular formula is C22H42N4O4. The average molecular weight is 427 g/mol. The molecule has 0 heterocycles. The summed E-state index contributed by atoms with van der Waals surface area (Å²) in [5.41, 5.74) is -1.31. The Labute approximate surface area is 181 Å². The maximum absolute atomic E-state index is 13.5. The molecule has 0 saturated carbocycles. The lowest BCUT2D eigenvalue weighted by Crippen LogP contribution is -2.64. The number of amides is 2. The highest BCUT2D eigenvalue weighted by molar-refractivity contribution is 5.93. The second kappa shape index (κ2) is 10.9. The van der Waals surface area contributed by atoms with E-state index in [-0.39, 0.29) is 23.3 Å². The summed E-state index contributed by atoms with van der Waals surface area (Å²) in [4.78, 5) is 39.5. The van der Waals surface area contributed by atoms with Gasteiger partial charge in [-0.25, -0.2) is 9.80 Å². The third-order valence-electron chi connectivity index (χ3n) is 5.89. The second-order valence-electron chi connectivity index (χ2n) is 9.46. The number of likely N-dealkylation sites (N-methyl/N-ethyl adjacent to an activating group) is 2. The van der Waals surface area contributed by atoms with Crippen molar-refractivity contribution in [3.8, 4) is 0 Å². The molecule has 0 rings (SSSR count). The van der Waals surface area contributed by atoms with Crippen molar-refractivity contribution in [3.63, 3.8) is 0 Å². The average Bonchev–Trinajstić information content (AvgIpc) is 2.62. The Morgan fingerprint density at radius 3 is 1.87 bits per heavy atom. The van der Waals surface area contributed by atoms with Crippen LogP contribution in [0.5, 0.6) is 0 Å². The van der Waals surface area contributed by atoms with Gasteiger partial charge in [0.1, 0.15) is 11.6 Å². The molecule has 0 fully saturated rings. The fourth-order valence-electron chi connectivity index (χ4n) is 3.57. The van der Waals surface area contributed by atoms with Gasteiger partial charge in [0.15, 0.2) is 0 Å². The summed E-state index contributed by atoms with van der Waals surface area (Å²) in [5, 5.41) is 13.6. The molecule has 0 radical (unpaired) electrons. The van der Waals surface area contributed by atoms with Crippen LogP contribution in [-0.2, 0) is 14.4 Å². The molecule has 4 N–H and O–H groups in total. The molecule has 8 nitrogen and oxygen atoms in total. The molecule has 1 unspecified atom stereocenters. The molecule has 8 heteroatoms. The first-order valence-corrected chi connectivity index (χ1v) is 10.5. The zero-order valence-electron chi connectivity index (χ0n) is 20.4. The third kappa shape index (κ3) is 6.54. The highest BCUT2D eigenvalue weighted by atomic mass is 16.4. The number of hydrazine groups is 1. The van der Waals surface area contributed by atoms with Crippen LogP contribution in [0.3, 0.4) is 0 Å². The normalized spacial score (nSPS) is 15.2. The summed E-state index contributed by atoms with van der Waals surface area (Å²) in [7, 11) is 3.30. The Balaban J connectivity index is 6.05. The predicted octanol–water partition coefficient (Wildman–Crippen LogP) is 2.40. The summed E-state index contributed by atoms with van der Waals surface area (Å²) in [6.07, 6.45) is 2.58. The standard InChI is InChI=1S/C22H42N4O4/c1-11-22(12-2,26(10)23)20(30)24-17(21(6,7)8)18(27)25(9)16(14(3)4)13-15(5)19(28)29/h13-14,16-17H,11-12,23H2,1-10H3,(H,24,30)(H,28,29)/b15-13+/t16-,17?/m1/s1. The van der Waals surface area contributed by atoms with E-state index in [0.717, 1.165) is 0 Å². The number of carbonyl (C=O) groups is 3. The van der Waals surface area contributed by atoms with Gasteiger partial charge < -0.3 is 15.3 Å². The fraction of sp³-hybridized carbons (Fsp3) is 0.773. The maximum Gasteiger partial charge on any atom is 0.331 e. The van der Waals surface area contributed by atoms with Crippen LogP contribution in [0.2, 0.25) is 0 Å². The topological polar surface area (TPSA) is 116 Å². The third-order valence-corrected chi connectivity index (χ3v) is 5.89. The van der Waals surface area contributed by atoms with Crippen molar-refractivity contribution in [1.29, 1.82) is 0 Å². The van der Waals surface area contributed by atoms with Crippen LogP contribution in [-0.4, -0.2) is 64.5 Å². The molecule has 0 bridgehead atoms. The number of carbonyl (C=O) groups excluding carboxylic acids is 2. The Hall–Kier alpha value is -1.93. The number of hydrogen-bond acceptors (Lipinski definition) is 5. The Morgan fingerprint density at radius 1 is 1.10 bits per heavy atom. The number of carboxylic acids is 1. The summed E-state index contributed by atoms with van der Waals surface area (Å²) >= 11 is 0. The monoisotopic (exact) mass is 426 g/mol. The SMILES string of the molecule is CCC(CC)(C(=O)NC(C(=O)N(C)[C@H](/C=C(\C)C(=O)O)C(C)C)C(C)(C)C)N(C)N. The quantitative estimate of drug-likeness (QED) is 0.281. The molecule has 2 atom stereocenters. The van der Waals surface area contributed by atoms with Gasteiger partial charge in [0.25, 0.3) is 0 Å². The van der Waals surface area contributed by atoms with E-state index in [9.17, 15) is 19.5 Å². The lowest BCUT2D eigenvalue weighted by atomic mass is 9.83. The molecular weight excluding hydrogens is 384 g/mol. The van der Waals surface area contributed by atoms with Gasteiger partial charge >= 0.3 is 5.97 Å². The maximum atomic E-state index is 13.5. The van der Waals surface area contributed by atoms with Crippen LogP contribution in [0, 0.1) is 11.3 Å². The number of nitrogens with one attached hydrogen (secondary N) is 1. The first kappa shape index (κ1) is 28.1. The first-order chi connectivity index (χ1) is 13.6. The van der Waals surface area contributed by atoms with Gasteiger partial charge in [-0.05, 0) is 31.1 Å². The highest BCUT2D eigenvalue weighted by Gasteiger charge is 2.43. The van der Waals surface area contributed by atoms with Gasteiger partial charge in [-0.3, -0.25) is 15.4 Å². The lowest BCUT2D eigenvalue weighted by molar-refractivity contribution is -0.144. The minimum Gasteiger partial charge on any atom is -0.478 e. The fourth-order valence-corrected chi connectivity index (χ4v) is 3.57.